The third kappa shape index (κ3) is 5.02. The van der Waals surface area contributed by atoms with Gasteiger partial charge in [0.15, 0.2) is 0 Å². The van der Waals surface area contributed by atoms with Crippen LogP contribution >= 0.6 is 0 Å². The van der Waals surface area contributed by atoms with E-state index in [1.54, 1.807) is 0 Å². The summed E-state index contributed by atoms with van der Waals surface area (Å²) < 4.78 is 5.81. The van der Waals surface area contributed by atoms with Gasteiger partial charge in [0.25, 0.3) is 0 Å². The number of benzene rings is 2. The van der Waals surface area contributed by atoms with Crippen molar-refractivity contribution in [1.82, 2.24) is 4.90 Å². The van der Waals surface area contributed by atoms with Crippen molar-refractivity contribution in [3.63, 3.8) is 0 Å². The number of carbonyl (C=O) groups is 1. The van der Waals surface area contributed by atoms with E-state index in [1.807, 2.05) is 12.1 Å². The molecule has 0 bridgehead atoms. The van der Waals surface area contributed by atoms with Crippen molar-refractivity contribution in [3.05, 3.63) is 70.8 Å². The largest absolute Gasteiger partial charge is 0.464 e. The zero-order valence-corrected chi connectivity index (χ0v) is 17.3. The molecule has 0 spiro atoms. The van der Waals surface area contributed by atoms with Crippen LogP contribution in [0.25, 0.3) is 0 Å². The maximum Gasteiger partial charge on any atom is 0.317 e. The highest BCUT2D eigenvalue weighted by atomic mass is 16.5. The summed E-state index contributed by atoms with van der Waals surface area (Å²) in [4.78, 5) is 15.5. The fourth-order valence-electron chi connectivity index (χ4n) is 4.04. The Hall–Kier alpha value is -2.13. The zero-order valence-electron chi connectivity index (χ0n) is 17.3. The van der Waals surface area contributed by atoms with Gasteiger partial charge >= 0.3 is 5.97 Å². The number of esters is 1. The lowest BCUT2D eigenvalue weighted by Crippen LogP contribution is -2.31. The number of fused-ring (bicyclic) bond motifs is 2. The van der Waals surface area contributed by atoms with Gasteiger partial charge in [-0.2, -0.15) is 0 Å². The molecule has 2 aromatic carbocycles. The van der Waals surface area contributed by atoms with Gasteiger partial charge in [-0.1, -0.05) is 75.2 Å². The predicted molar refractivity (Wildman–Crippen MR) is 115 cm³/mol. The molecule has 150 valence electrons. The quantitative estimate of drug-likeness (QED) is 0.534. The summed E-state index contributed by atoms with van der Waals surface area (Å²) in [6.45, 7) is 7.90. The van der Waals surface area contributed by atoms with Crippen molar-refractivity contribution in [2.24, 2.45) is 0 Å². The van der Waals surface area contributed by atoms with E-state index in [-0.39, 0.29) is 11.9 Å². The van der Waals surface area contributed by atoms with Crippen LogP contribution in [-0.2, 0) is 16.0 Å². The number of ether oxygens (including phenoxy) is 1. The van der Waals surface area contributed by atoms with Gasteiger partial charge < -0.3 is 4.74 Å². The molecular formula is C25H33NO2. The summed E-state index contributed by atoms with van der Waals surface area (Å²) >= 11 is 0. The van der Waals surface area contributed by atoms with Crippen LogP contribution in [0.5, 0.6) is 0 Å². The molecule has 3 heteroatoms. The maximum atomic E-state index is 13.1. The van der Waals surface area contributed by atoms with Crippen LogP contribution < -0.4 is 0 Å². The van der Waals surface area contributed by atoms with E-state index in [1.165, 1.54) is 36.8 Å². The van der Waals surface area contributed by atoms with Crippen molar-refractivity contribution in [2.45, 2.75) is 51.9 Å². The highest BCUT2D eigenvalue weighted by molar-refractivity contribution is 5.84. The summed E-state index contributed by atoms with van der Waals surface area (Å²) in [7, 11) is 0. The molecule has 3 rings (SSSR count). The molecular weight excluding hydrogens is 346 g/mol. The highest BCUT2D eigenvalue weighted by Gasteiger charge is 2.31. The molecule has 0 heterocycles. The van der Waals surface area contributed by atoms with E-state index in [2.05, 4.69) is 55.1 Å². The fraction of sp³-hybridized carbons (Fsp3) is 0.480. The Kier molecular flexibility index (Phi) is 7.67. The van der Waals surface area contributed by atoms with Crippen molar-refractivity contribution >= 4 is 5.97 Å². The summed E-state index contributed by atoms with van der Waals surface area (Å²) in [5.74, 6) is -0.425. The van der Waals surface area contributed by atoms with Crippen LogP contribution in [0.1, 0.15) is 67.7 Å². The van der Waals surface area contributed by atoms with Crippen LogP contribution in [0.3, 0.4) is 0 Å². The first-order valence-electron chi connectivity index (χ1n) is 10.8. The van der Waals surface area contributed by atoms with E-state index in [0.717, 1.165) is 37.2 Å². The highest BCUT2D eigenvalue weighted by Crippen LogP contribution is 2.37. The number of unbranched alkanes of at least 4 members (excludes halogenated alkanes) is 2. The molecule has 3 nitrogen and oxygen atoms in total. The minimum Gasteiger partial charge on any atom is -0.464 e. The number of nitrogens with zero attached hydrogens (tertiary/aromatic N) is 1. The second kappa shape index (κ2) is 10.4. The van der Waals surface area contributed by atoms with E-state index < -0.39 is 0 Å². The summed E-state index contributed by atoms with van der Waals surface area (Å²) in [5.41, 5.74) is 4.66. The van der Waals surface area contributed by atoms with Crippen molar-refractivity contribution in [2.75, 3.05) is 26.2 Å². The molecule has 0 aliphatic heterocycles. The van der Waals surface area contributed by atoms with Gasteiger partial charge in [-0.15, -0.1) is 0 Å². The Morgan fingerprint density at radius 2 is 1.43 bits per heavy atom. The Morgan fingerprint density at radius 3 is 1.96 bits per heavy atom. The number of hydrogen-bond donors (Lipinski definition) is 0. The SMILES string of the molecule is CCCCN(CCCC)CCOC(=O)C1c2ccccc2Cc2ccccc21. The molecule has 0 aromatic heterocycles. The smallest absolute Gasteiger partial charge is 0.317 e. The van der Waals surface area contributed by atoms with Gasteiger partial charge in [0.1, 0.15) is 12.5 Å². The third-order valence-electron chi connectivity index (χ3n) is 5.66. The number of rotatable bonds is 10. The Morgan fingerprint density at radius 1 is 0.893 bits per heavy atom. The van der Waals surface area contributed by atoms with Crippen molar-refractivity contribution in [1.29, 1.82) is 0 Å². The monoisotopic (exact) mass is 379 g/mol. The molecule has 28 heavy (non-hydrogen) atoms. The topological polar surface area (TPSA) is 29.5 Å². The van der Waals surface area contributed by atoms with Gasteiger partial charge in [0.2, 0.25) is 0 Å². The first-order chi connectivity index (χ1) is 13.7. The Balaban J connectivity index is 1.67. The molecule has 0 radical (unpaired) electrons. The second-order valence-corrected chi connectivity index (χ2v) is 7.72. The van der Waals surface area contributed by atoms with E-state index in [0.29, 0.717) is 6.61 Å². The van der Waals surface area contributed by atoms with Gasteiger partial charge in [0.05, 0.1) is 0 Å². The normalized spacial score (nSPS) is 13.2. The number of carbonyl (C=O) groups excluding carboxylic acids is 1. The van der Waals surface area contributed by atoms with Crippen LogP contribution in [0.2, 0.25) is 0 Å². The number of hydrogen-bond acceptors (Lipinski definition) is 3. The average Bonchev–Trinajstić information content (AvgIpc) is 2.73. The molecule has 0 saturated heterocycles. The standard InChI is InChI=1S/C25H33NO2/c1-3-5-15-26(16-6-4-2)17-18-28-25(27)24-22-13-9-7-11-20(22)19-21-12-8-10-14-23(21)24/h7-14,24H,3-6,15-19H2,1-2H3. The van der Waals surface area contributed by atoms with Gasteiger partial charge in [-0.3, -0.25) is 9.69 Å². The lowest BCUT2D eigenvalue weighted by Gasteiger charge is -2.27. The summed E-state index contributed by atoms with van der Waals surface area (Å²) in [5, 5.41) is 0. The Labute approximate surface area is 169 Å². The minimum absolute atomic E-state index is 0.120. The van der Waals surface area contributed by atoms with Crippen LogP contribution in [0, 0.1) is 0 Å². The first-order valence-corrected chi connectivity index (χ1v) is 10.8. The molecule has 0 fully saturated rings. The molecule has 0 amide bonds. The van der Waals surface area contributed by atoms with Crippen LogP contribution in [0.15, 0.2) is 48.5 Å². The zero-order chi connectivity index (χ0) is 19.8. The van der Waals surface area contributed by atoms with Crippen LogP contribution in [0.4, 0.5) is 0 Å². The maximum absolute atomic E-state index is 13.1. The fourth-order valence-corrected chi connectivity index (χ4v) is 4.04. The van der Waals surface area contributed by atoms with Gasteiger partial charge in [-0.05, 0) is 54.6 Å². The summed E-state index contributed by atoms with van der Waals surface area (Å²) in [6.07, 6.45) is 5.66. The van der Waals surface area contributed by atoms with Gasteiger partial charge in [-0.25, -0.2) is 0 Å². The molecule has 1 aliphatic rings. The van der Waals surface area contributed by atoms with Gasteiger partial charge in [0, 0.05) is 6.54 Å². The van der Waals surface area contributed by atoms with E-state index in [4.69, 9.17) is 4.74 Å². The molecule has 0 saturated carbocycles. The molecule has 1 aliphatic carbocycles. The predicted octanol–water partition coefficient (Wildman–Crippen LogP) is 5.17. The third-order valence-corrected chi connectivity index (χ3v) is 5.66. The van der Waals surface area contributed by atoms with E-state index in [9.17, 15) is 4.79 Å². The average molecular weight is 380 g/mol. The first kappa shape index (κ1) is 20.6. The molecule has 2 aromatic rings. The van der Waals surface area contributed by atoms with Crippen LogP contribution in [-0.4, -0.2) is 37.1 Å². The summed E-state index contributed by atoms with van der Waals surface area (Å²) in [6, 6.07) is 16.5. The Bertz CT molecular complexity index is 717. The molecule has 0 N–H and O–H groups in total. The minimum atomic E-state index is -0.305. The van der Waals surface area contributed by atoms with Crippen molar-refractivity contribution in [3.8, 4) is 0 Å². The lowest BCUT2D eigenvalue weighted by molar-refractivity contribution is -0.144. The molecule has 0 atom stereocenters. The second-order valence-electron chi connectivity index (χ2n) is 7.72. The van der Waals surface area contributed by atoms with Crippen molar-refractivity contribution < 1.29 is 9.53 Å². The lowest BCUT2D eigenvalue weighted by atomic mass is 9.78. The molecule has 0 unspecified atom stereocenters. The van der Waals surface area contributed by atoms with E-state index >= 15 is 0 Å².